The lowest BCUT2D eigenvalue weighted by molar-refractivity contribution is -0.135. The maximum absolute atomic E-state index is 12.0. The molecule has 170 valence electrons. The van der Waals surface area contributed by atoms with E-state index in [2.05, 4.69) is 24.6 Å². The minimum absolute atomic E-state index is 0.0985. The third-order valence-electron chi connectivity index (χ3n) is 5.24. The summed E-state index contributed by atoms with van der Waals surface area (Å²) >= 11 is 0. The van der Waals surface area contributed by atoms with Crippen molar-refractivity contribution in [3.8, 4) is 5.75 Å². The van der Waals surface area contributed by atoms with Crippen LogP contribution in [0.15, 0.2) is 29.6 Å². The topological polar surface area (TPSA) is 77.0 Å². The summed E-state index contributed by atoms with van der Waals surface area (Å²) in [5, 5.41) is 2.59. The summed E-state index contributed by atoms with van der Waals surface area (Å²) in [5.41, 5.74) is 2.85. The zero-order valence-corrected chi connectivity index (χ0v) is 18.9. The maximum atomic E-state index is 12.0. The average Bonchev–Trinajstić information content (AvgIpc) is 2.75. The van der Waals surface area contributed by atoms with E-state index in [1.807, 2.05) is 0 Å². The molecule has 1 aromatic carbocycles. The lowest BCUT2D eigenvalue weighted by Crippen LogP contribution is -2.17. The number of nitrogens with zero attached hydrogens (tertiary/aromatic N) is 1. The molecule has 1 N–H and O–H groups in total. The molecule has 0 radical (unpaired) electrons. The molecule has 1 atom stereocenters. The predicted molar refractivity (Wildman–Crippen MR) is 123 cm³/mol. The molecule has 1 unspecified atom stereocenters. The van der Waals surface area contributed by atoms with Gasteiger partial charge in [0.2, 0.25) is 0 Å². The van der Waals surface area contributed by atoms with Gasteiger partial charge < -0.3 is 9.47 Å². The lowest BCUT2D eigenvalue weighted by Gasteiger charge is -2.15. The number of nitrogens with one attached hydrogen (secondary N) is 1. The van der Waals surface area contributed by atoms with Crippen LogP contribution in [0.4, 0.5) is 5.69 Å². The van der Waals surface area contributed by atoms with Gasteiger partial charge in [-0.25, -0.2) is 5.43 Å². The lowest BCUT2D eigenvalue weighted by atomic mass is 10.1. The quantitative estimate of drug-likeness (QED) is 0.0843. The average molecular weight is 421 g/mol. The van der Waals surface area contributed by atoms with Crippen LogP contribution >= 0.6 is 0 Å². The van der Waals surface area contributed by atoms with Crippen molar-refractivity contribution in [1.82, 2.24) is 0 Å². The fourth-order valence-electron chi connectivity index (χ4n) is 3.36. The van der Waals surface area contributed by atoms with E-state index < -0.39 is 0 Å². The van der Waals surface area contributed by atoms with Crippen LogP contribution in [0.25, 0.3) is 0 Å². The normalized spacial score (nSPS) is 11.8. The van der Waals surface area contributed by atoms with Crippen molar-refractivity contribution in [2.75, 3.05) is 12.0 Å². The summed E-state index contributed by atoms with van der Waals surface area (Å²) < 4.78 is 11.3. The third kappa shape index (κ3) is 13.3. The number of hydrogen-bond acceptors (Lipinski definition) is 5. The van der Waals surface area contributed by atoms with Crippen LogP contribution in [0, 0.1) is 4.91 Å². The molecule has 6 heteroatoms. The molecule has 0 heterocycles. The molecule has 0 bridgehead atoms. The molecule has 1 rings (SSSR count). The fourth-order valence-corrected chi connectivity index (χ4v) is 3.36. The molecule has 1 aromatic rings. The van der Waals surface area contributed by atoms with E-state index in [1.54, 1.807) is 24.3 Å². The Labute approximate surface area is 182 Å². The molecule has 0 spiro atoms. The molecular weight excluding hydrogens is 380 g/mol. The van der Waals surface area contributed by atoms with Crippen molar-refractivity contribution >= 4 is 11.7 Å². The van der Waals surface area contributed by atoms with E-state index in [9.17, 15) is 9.70 Å². The molecule has 0 aliphatic heterocycles. The van der Waals surface area contributed by atoms with Gasteiger partial charge in [-0.2, -0.15) is 0 Å². The Kier molecular flexibility index (Phi) is 15.5. The standard InChI is InChI=1S/C24H40N2O4/c1-3-5-6-7-8-9-10-11-12-13-20-29-22(4-2)18-19-24(27)30-23-16-14-21(15-17-23)25-26-28/h14-17,22H,3-13,18-20H2,1-2H3,(H,25,28). The summed E-state index contributed by atoms with van der Waals surface area (Å²) in [6.45, 7) is 5.11. The summed E-state index contributed by atoms with van der Waals surface area (Å²) in [6.07, 6.45) is 15.1. The van der Waals surface area contributed by atoms with Crippen molar-refractivity contribution in [3.05, 3.63) is 29.2 Å². The number of benzene rings is 1. The van der Waals surface area contributed by atoms with Gasteiger partial charge in [0.25, 0.3) is 0 Å². The number of esters is 1. The highest BCUT2D eigenvalue weighted by molar-refractivity contribution is 5.72. The van der Waals surface area contributed by atoms with Gasteiger partial charge in [0.1, 0.15) is 5.75 Å². The number of carbonyl (C=O) groups is 1. The predicted octanol–water partition coefficient (Wildman–Crippen LogP) is 7.18. The van der Waals surface area contributed by atoms with Crippen LogP contribution in [-0.4, -0.2) is 18.7 Å². The zero-order chi connectivity index (χ0) is 21.9. The molecule has 0 saturated carbocycles. The fraction of sp³-hybridized carbons (Fsp3) is 0.708. The van der Waals surface area contributed by atoms with E-state index in [0.29, 0.717) is 24.3 Å². The van der Waals surface area contributed by atoms with Gasteiger partial charge >= 0.3 is 5.97 Å². The SMILES string of the molecule is CCCCCCCCCCCCOC(CC)CCC(=O)Oc1ccc(NN=O)cc1. The Morgan fingerprint density at radius 3 is 2.10 bits per heavy atom. The van der Waals surface area contributed by atoms with Crippen molar-refractivity contribution in [3.63, 3.8) is 0 Å². The first-order valence-electron chi connectivity index (χ1n) is 11.7. The van der Waals surface area contributed by atoms with Gasteiger partial charge in [-0.15, -0.1) is 4.91 Å². The van der Waals surface area contributed by atoms with Gasteiger partial charge in [0, 0.05) is 13.0 Å². The van der Waals surface area contributed by atoms with Crippen molar-refractivity contribution in [2.24, 2.45) is 5.29 Å². The summed E-state index contributed by atoms with van der Waals surface area (Å²) in [7, 11) is 0. The second-order valence-electron chi connectivity index (χ2n) is 7.82. The van der Waals surface area contributed by atoms with Crippen LogP contribution in [-0.2, 0) is 9.53 Å². The molecule has 0 saturated heterocycles. The Morgan fingerprint density at radius 1 is 0.933 bits per heavy atom. The van der Waals surface area contributed by atoms with Gasteiger partial charge in [0.15, 0.2) is 0 Å². The van der Waals surface area contributed by atoms with Crippen LogP contribution in [0.3, 0.4) is 0 Å². The summed E-state index contributed by atoms with van der Waals surface area (Å²) in [6, 6.07) is 6.53. The maximum Gasteiger partial charge on any atom is 0.311 e. The van der Waals surface area contributed by atoms with Crippen LogP contribution in [0.2, 0.25) is 0 Å². The Balaban J connectivity index is 2.06. The second kappa shape index (κ2) is 17.9. The Bertz CT molecular complexity index is 563. The van der Waals surface area contributed by atoms with Crippen molar-refractivity contribution < 1.29 is 14.3 Å². The number of nitroso groups, excluding NO2 is 1. The number of hydrogen-bond donors (Lipinski definition) is 1. The van der Waals surface area contributed by atoms with Crippen LogP contribution < -0.4 is 10.2 Å². The van der Waals surface area contributed by atoms with Crippen LogP contribution in [0.1, 0.15) is 97.3 Å². The van der Waals surface area contributed by atoms with Crippen LogP contribution in [0.5, 0.6) is 5.75 Å². The first-order valence-corrected chi connectivity index (χ1v) is 11.7. The van der Waals surface area contributed by atoms with Crippen molar-refractivity contribution in [1.29, 1.82) is 0 Å². The van der Waals surface area contributed by atoms with Crippen molar-refractivity contribution in [2.45, 2.75) is 103 Å². The first-order chi connectivity index (χ1) is 14.7. The third-order valence-corrected chi connectivity index (χ3v) is 5.24. The highest BCUT2D eigenvalue weighted by atomic mass is 16.5. The molecule has 0 fully saturated rings. The van der Waals surface area contributed by atoms with E-state index in [4.69, 9.17) is 9.47 Å². The first kappa shape index (κ1) is 26.1. The molecule has 30 heavy (non-hydrogen) atoms. The number of rotatable bonds is 19. The van der Waals surface area contributed by atoms with E-state index >= 15 is 0 Å². The number of anilines is 1. The number of ether oxygens (including phenoxy) is 2. The Morgan fingerprint density at radius 2 is 1.53 bits per heavy atom. The van der Waals surface area contributed by atoms with Gasteiger partial charge in [-0.3, -0.25) is 4.79 Å². The van der Waals surface area contributed by atoms with E-state index in [-0.39, 0.29) is 12.1 Å². The smallest absolute Gasteiger partial charge is 0.311 e. The van der Waals surface area contributed by atoms with Gasteiger partial charge in [-0.1, -0.05) is 71.6 Å². The minimum atomic E-state index is -0.273. The van der Waals surface area contributed by atoms with E-state index in [1.165, 1.54) is 57.8 Å². The highest BCUT2D eigenvalue weighted by Gasteiger charge is 2.12. The number of carbonyl (C=O) groups excluding carboxylic acids is 1. The second-order valence-corrected chi connectivity index (χ2v) is 7.82. The van der Waals surface area contributed by atoms with Gasteiger partial charge in [0.05, 0.1) is 17.1 Å². The molecule has 0 aromatic heterocycles. The molecule has 0 aliphatic carbocycles. The monoisotopic (exact) mass is 420 g/mol. The molecule has 6 nitrogen and oxygen atoms in total. The largest absolute Gasteiger partial charge is 0.427 e. The zero-order valence-electron chi connectivity index (χ0n) is 18.9. The summed E-state index contributed by atoms with van der Waals surface area (Å²) in [4.78, 5) is 22.2. The molecule has 0 aliphatic rings. The molecular formula is C24H40N2O4. The Hall–Kier alpha value is -1.95. The number of unbranched alkanes of at least 4 members (excludes halogenated alkanes) is 9. The molecule has 0 amide bonds. The van der Waals surface area contributed by atoms with E-state index in [0.717, 1.165) is 19.4 Å². The highest BCUT2D eigenvalue weighted by Crippen LogP contribution is 2.17. The van der Waals surface area contributed by atoms with Gasteiger partial charge in [-0.05, 0) is 43.5 Å². The minimum Gasteiger partial charge on any atom is -0.427 e. The summed E-state index contributed by atoms with van der Waals surface area (Å²) in [5.74, 6) is 0.181.